The second-order valence-corrected chi connectivity index (χ2v) is 7.28. The van der Waals surface area contributed by atoms with E-state index in [-0.39, 0.29) is 23.8 Å². The minimum Gasteiger partial charge on any atom is -0.550 e. The van der Waals surface area contributed by atoms with Crippen LogP contribution in [0.25, 0.3) is 0 Å². The largest absolute Gasteiger partial charge is 0.550 e. The fourth-order valence-corrected chi connectivity index (χ4v) is 4.43. The van der Waals surface area contributed by atoms with E-state index < -0.39 is 17.8 Å². The Balaban J connectivity index is 1.73. The molecule has 1 amide bonds. The lowest BCUT2D eigenvalue weighted by Gasteiger charge is -2.31. The van der Waals surface area contributed by atoms with E-state index in [1.165, 1.54) is 11.1 Å². The Kier molecular flexibility index (Phi) is 4.17. The van der Waals surface area contributed by atoms with Crippen molar-refractivity contribution in [3.8, 4) is 0 Å². The lowest BCUT2D eigenvalue weighted by Crippen LogP contribution is -2.46. The Labute approximate surface area is 137 Å². The maximum absolute atomic E-state index is 12.7. The van der Waals surface area contributed by atoms with E-state index >= 15 is 0 Å². The minimum absolute atomic E-state index is 0.122. The number of carbonyl (C=O) groups is 2. The number of amides is 1. The first-order valence-corrected chi connectivity index (χ1v) is 8.47. The predicted molar refractivity (Wildman–Crippen MR) is 85.3 cm³/mol. The smallest absolute Gasteiger partial charge is 0.224 e. The van der Waals surface area contributed by atoms with E-state index in [0.29, 0.717) is 0 Å². The number of aryl methyl sites for hydroxylation is 2. The zero-order chi connectivity index (χ0) is 16.7. The maximum Gasteiger partial charge on any atom is 0.224 e. The van der Waals surface area contributed by atoms with Crippen LogP contribution in [0.3, 0.4) is 0 Å². The molecule has 4 nitrogen and oxygen atoms in total. The average Bonchev–Trinajstić information content (AvgIpc) is 3.10. The van der Waals surface area contributed by atoms with Gasteiger partial charge in [-0.2, -0.15) is 0 Å². The van der Waals surface area contributed by atoms with Crippen LogP contribution in [0.4, 0.5) is 0 Å². The Morgan fingerprint density at radius 3 is 2.39 bits per heavy atom. The molecule has 0 unspecified atom stereocenters. The highest BCUT2D eigenvalue weighted by molar-refractivity contribution is 5.85. The number of carboxylic acids is 1. The summed E-state index contributed by atoms with van der Waals surface area (Å²) in [6, 6.07) is 6.03. The SMILES string of the molecule is Cc1ccc([C@@H](C)NC(=O)[C@@H]2[C@H]3CC[C@@H](C3)[C@@H]2C(=O)[O-])cc1C. The first-order chi connectivity index (χ1) is 10.9. The van der Waals surface area contributed by atoms with Gasteiger partial charge >= 0.3 is 0 Å². The summed E-state index contributed by atoms with van der Waals surface area (Å²) >= 11 is 0. The van der Waals surface area contributed by atoms with Crippen LogP contribution < -0.4 is 10.4 Å². The number of aliphatic carboxylic acids is 1. The molecule has 5 atom stereocenters. The average molecular weight is 314 g/mol. The van der Waals surface area contributed by atoms with Crippen molar-refractivity contribution in [2.45, 2.75) is 46.1 Å². The van der Waals surface area contributed by atoms with E-state index in [9.17, 15) is 14.7 Å². The standard InChI is InChI=1S/C19H25NO3/c1-10-4-5-13(8-11(10)2)12(3)20-18(21)16-14-6-7-15(9-14)17(16)19(22)23/h4-5,8,12,14-17H,6-7,9H2,1-3H3,(H,20,21)(H,22,23)/p-1/t12-,14+,15+,16-,17+/m1/s1. The Morgan fingerprint density at radius 1 is 1.13 bits per heavy atom. The molecule has 124 valence electrons. The van der Waals surface area contributed by atoms with Crippen molar-refractivity contribution in [1.82, 2.24) is 5.32 Å². The predicted octanol–water partition coefficient (Wildman–Crippen LogP) is 1.89. The zero-order valence-electron chi connectivity index (χ0n) is 14.0. The molecule has 0 spiro atoms. The van der Waals surface area contributed by atoms with E-state index in [2.05, 4.69) is 31.3 Å². The van der Waals surface area contributed by atoms with Crippen LogP contribution in [0.5, 0.6) is 0 Å². The van der Waals surface area contributed by atoms with Gasteiger partial charge in [-0.15, -0.1) is 0 Å². The number of rotatable bonds is 4. The van der Waals surface area contributed by atoms with Crippen molar-refractivity contribution in [3.05, 3.63) is 34.9 Å². The minimum atomic E-state index is -1.06. The summed E-state index contributed by atoms with van der Waals surface area (Å²) in [5, 5.41) is 14.5. The molecular weight excluding hydrogens is 290 g/mol. The van der Waals surface area contributed by atoms with Crippen molar-refractivity contribution < 1.29 is 14.7 Å². The number of fused-ring (bicyclic) bond motifs is 2. The summed E-state index contributed by atoms with van der Waals surface area (Å²) in [5.41, 5.74) is 3.46. The second kappa shape index (κ2) is 5.99. The highest BCUT2D eigenvalue weighted by atomic mass is 16.4. The van der Waals surface area contributed by atoms with Crippen LogP contribution in [-0.4, -0.2) is 11.9 Å². The molecule has 1 aromatic carbocycles. The van der Waals surface area contributed by atoms with Crippen molar-refractivity contribution in [1.29, 1.82) is 0 Å². The fraction of sp³-hybridized carbons (Fsp3) is 0.579. The number of nitrogens with one attached hydrogen (secondary N) is 1. The third kappa shape index (κ3) is 2.87. The highest BCUT2D eigenvalue weighted by Crippen LogP contribution is 2.52. The van der Waals surface area contributed by atoms with Gasteiger partial charge in [-0.05, 0) is 68.6 Å². The summed E-state index contributed by atoms with van der Waals surface area (Å²) in [6.07, 6.45) is 2.74. The van der Waals surface area contributed by atoms with Crippen molar-refractivity contribution in [2.75, 3.05) is 0 Å². The molecular formula is C19H24NO3-. The van der Waals surface area contributed by atoms with Gasteiger partial charge in [-0.25, -0.2) is 0 Å². The number of benzene rings is 1. The number of hydrogen-bond acceptors (Lipinski definition) is 3. The van der Waals surface area contributed by atoms with Crippen molar-refractivity contribution in [3.63, 3.8) is 0 Å². The molecule has 2 fully saturated rings. The Bertz CT molecular complexity index is 640. The van der Waals surface area contributed by atoms with Crippen LogP contribution in [0, 0.1) is 37.5 Å². The topological polar surface area (TPSA) is 69.2 Å². The normalized spacial score (nSPS) is 30.2. The van der Waals surface area contributed by atoms with Gasteiger partial charge in [0.15, 0.2) is 0 Å². The molecule has 2 aliphatic rings. The molecule has 23 heavy (non-hydrogen) atoms. The molecule has 2 saturated carbocycles. The molecule has 1 aromatic rings. The van der Waals surface area contributed by atoms with E-state index in [4.69, 9.17) is 0 Å². The van der Waals surface area contributed by atoms with Gasteiger partial charge in [0.1, 0.15) is 0 Å². The lowest BCUT2D eigenvalue weighted by atomic mass is 9.78. The first-order valence-electron chi connectivity index (χ1n) is 8.47. The van der Waals surface area contributed by atoms with E-state index in [1.54, 1.807) is 0 Å². The molecule has 1 N–H and O–H groups in total. The van der Waals surface area contributed by atoms with Crippen LogP contribution >= 0.6 is 0 Å². The third-order valence-electron chi connectivity index (χ3n) is 5.88. The van der Waals surface area contributed by atoms with Gasteiger partial charge in [0.05, 0.1) is 6.04 Å². The number of hydrogen-bond donors (Lipinski definition) is 1. The molecule has 0 aromatic heterocycles. The highest BCUT2D eigenvalue weighted by Gasteiger charge is 2.51. The molecule has 0 heterocycles. The van der Waals surface area contributed by atoms with Gasteiger partial charge in [0.25, 0.3) is 0 Å². The van der Waals surface area contributed by atoms with E-state index in [1.807, 2.05) is 13.0 Å². The van der Waals surface area contributed by atoms with Crippen molar-refractivity contribution in [2.24, 2.45) is 23.7 Å². The summed E-state index contributed by atoms with van der Waals surface area (Å²) in [4.78, 5) is 24.1. The Morgan fingerprint density at radius 2 is 1.78 bits per heavy atom. The Hall–Kier alpha value is -1.84. The van der Waals surface area contributed by atoms with Gasteiger partial charge < -0.3 is 15.2 Å². The fourth-order valence-electron chi connectivity index (χ4n) is 4.43. The molecule has 2 aliphatic carbocycles. The van der Waals surface area contributed by atoms with Crippen LogP contribution in [0.1, 0.15) is 48.9 Å². The van der Waals surface area contributed by atoms with Crippen LogP contribution in [0.15, 0.2) is 18.2 Å². The first kappa shape index (κ1) is 16.0. The maximum atomic E-state index is 12.7. The van der Waals surface area contributed by atoms with Gasteiger partial charge in [0.2, 0.25) is 5.91 Å². The summed E-state index contributed by atoms with van der Waals surface area (Å²) < 4.78 is 0. The van der Waals surface area contributed by atoms with E-state index in [0.717, 1.165) is 24.8 Å². The molecule has 3 rings (SSSR count). The monoisotopic (exact) mass is 314 g/mol. The van der Waals surface area contributed by atoms with Crippen molar-refractivity contribution >= 4 is 11.9 Å². The summed E-state index contributed by atoms with van der Waals surface area (Å²) in [6.45, 7) is 6.06. The number of carboxylic acid groups (broad SMARTS) is 1. The van der Waals surface area contributed by atoms with Crippen LogP contribution in [0.2, 0.25) is 0 Å². The molecule has 0 aliphatic heterocycles. The quantitative estimate of drug-likeness (QED) is 0.923. The lowest BCUT2D eigenvalue weighted by molar-refractivity contribution is -0.314. The number of carbonyl (C=O) groups excluding carboxylic acids is 2. The van der Waals surface area contributed by atoms with Gasteiger partial charge in [-0.3, -0.25) is 4.79 Å². The molecule has 2 bridgehead atoms. The molecule has 4 heteroatoms. The summed E-state index contributed by atoms with van der Waals surface area (Å²) in [7, 11) is 0. The zero-order valence-corrected chi connectivity index (χ0v) is 14.0. The summed E-state index contributed by atoms with van der Waals surface area (Å²) in [5.74, 6) is -1.89. The second-order valence-electron chi connectivity index (χ2n) is 7.28. The van der Waals surface area contributed by atoms with Gasteiger partial charge in [0, 0.05) is 17.8 Å². The molecule has 0 radical (unpaired) electrons. The van der Waals surface area contributed by atoms with Crippen LogP contribution in [-0.2, 0) is 9.59 Å². The van der Waals surface area contributed by atoms with Gasteiger partial charge in [-0.1, -0.05) is 18.2 Å². The molecule has 0 saturated heterocycles. The third-order valence-corrected chi connectivity index (χ3v) is 5.88.